The first-order valence-corrected chi connectivity index (χ1v) is 7.16. The second-order valence-corrected chi connectivity index (χ2v) is 5.54. The van der Waals surface area contributed by atoms with Gasteiger partial charge in [0, 0.05) is 11.4 Å². The molecule has 3 N–H and O–H groups in total. The molecule has 0 aliphatic carbocycles. The fourth-order valence-corrected chi connectivity index (χ4v) is 2.80. The molecule has 114 valence electrons. The van der Waals surface area contributed by atoms with Crippen molar-refractivity contribution in [1.82, 2.24) is 20.8 Å². The Morgan fingerprint density at radius 2 is 2.24 bits per heavy atom. The Morgan fingerprint density at radius 1 is 1.43 bits per heavy atom. The third-order valence-corrected chi connectivity index (χ3v) is 4.01. The number of halogens is 1. The molecule has 2 aromatic rings. The zero-order valence-electron chi connectivity index (χ0n) is 12.1. The van der Waals surface area contributed by atoms with Crippen LogP contribution in [0.5, 0.6) is 0 Å². The highest BCUT2D eigenvalue weighted by Crippen LogP contribution is 2.16. The molecule has 1 amide bonds. The maximum absolute atomic E-state index is 12.2. The first kappa shape index (κ1) is 15.8. The van der Waals surface area contributed by atoms with Crippen LogP contribution in [-0.2, 0) is 11.2 Å². The molecule has 1 fully saturated rings. The van der Waals surface area contributed by atoms with Crippen molar-refractivity contribution in [2.75, 3.05) is 13.1 Å². The number of fused-ring (bicyclic) bond motifs is 1. The first-order valence-electron chi connectivity index (χ1n) is 7.16. The zero-order chi connectivity index (χ0) is 13.9. The van der Waals surface area contributed by atoms with Crippen LogP contribution in [0.1, 0.15) is 19.0 Å². The second-order valence-electron chi connectivity index (χ2n) is 5.54. The van der Waals surface area contributed by atoms with E-state index < -0.39 is 0 Å². The Kier molecular flexibility index (Phi) is 5.20. The number of rotatable bonds is 3. The average Bonchev–Trinajstić information content (AvgIpc) is 2.85. The highest BCUT2D eigenvalue weighted by molar-refractivity contribution is 5.87. The summed E-state index contributed by atoms with van der Waals surface area (Å²) in [5.74, 6) is 0.546. The molecule has 2 unspecified atom stereocenters. The molecule has 1 aliphatic rings. The number of benzene rings is 1. The van der Waals surface area contributed by atoms with E-state index in [1.54, 1.807) is 0 Å². The van der Waals surface area contributed by atoms with Crippen LogP contribution in [0.2, 0.25) is 0 Å². The van der Waals surface area contributed by atoms with E-state index in [4.69, 9.17) is 0 Å². The normalized spacial score (nSPS) is 21.8. The molecule has 1 aromatic carbocycles. The van der Waals surface area contributed by atoms with Crippen LogP contribution in [0.4, 0.5) is 0 Å². The van der Waals surface area contributed by atoms with Crippen molar-refractivity contribution in [1.29, 1.82) is 0 Å². The number of hydrogen-bond acceptors (Lipinski definition) is 3. The van der Waals surface area contributed by atoms with Gasteiger partial charge in [0.15, 0.2) is 0 Å². The van der Waals surface area contributed by atoms with Crippen molar-refractivity contribution in [3.05, 3.63) is 30.0 Å². The fourth-order valence-electron chi connectivity index (χ4n) is 2.80. The average molecular weight is 309 g/mol. The van der Waals surface area contributed by atoms with Gasteiger partial charge in [-0.3, -0.25) is 9.89 Å². The van der Waals surface area contributed by atoms with Crippen LogP contribution in [-0.4, -0.2) is 35.2 Å². The highest BCUT2D eigenvalue weighted by atomic mass is 35.5. The van der Waals surface area contributed by atoms with E-state index in [2.05, 4.69) is 27.8 Å². The summed E-state index contributed by atoms with van der Waals surface area (Å²) in [5, 5.41) is 14.7. The molecular formula is C15H21ClN4O. The van der Waals surface area contributed by atoms with Crippen molar-refractivity contribution in [3.8, 4) is 0 Å². The molecule has 0 saturated carbocycles. The number of nitrogens with one attached hydrogen (secondary N) is 3. The minimum absolute atomic E-state index is 0. The minimum Gasteiger partial charge on any atom is -0.353 e. The van der Waals surface area contributed by atoms with Crippen molar-refractivity contribution in [2.45, 2.75) is 25.8 Å². The van der Waals surface area contributed by atoms with Gasteiger partial charge in [0.25, 0.3) is 0 Å². The quantitative estimate of drug-likeness (QED) is 0.807. The largest absolute Gasteiger partial charge is 0.353 e. The lowest BCUT2D eigenvalue weighted by molar-refractivity contribution is -0.121. The number of H-pyrrole nitrogens is 1. The molecule has 0 radical (unpaired) electrons. The van der Waals surface area contributed by atoms with E-state index in [0.29, 0.717) is 12.3 Å². The maximum atomic E-state index is 12.2. The van der Waals surface area contributed by atoms with Gasteiger partial charge in [0.2, 0.25) is 5.91 Å². The van der Waals surface area contributed by atoms with Crippen molar-refractivity contribution in [3.63, 3.8) is 0 Å². The summed E-state index contributed by atoms with van der Waals surface area (Å²) in [6, 6.07) is 8.13. The van der Waals surface area contributed by atoms with Gasteiger partial charge < -0.3 is 10.6 Å². The van der Waals surface area contributed by atoms with Crippen LogP contribution < -0.4 is 10.6 Å². The summed E-state index contributed by atoms with van der Waals surface area (Å²) in [5.41, 5.74) is 1.80. The Balaban J connectivity index is 0.00000161. The smallest absolute Gasteiger partial charge is 0.226 e. The van der Waals surface area contributed by atoms with E-state index in [1.807, 2.05) is 24.3 Å². The predicted octanol–water partition coefficient (Wildman–Crippen LogP) is 1.64. The Bertz CT molecular complexity index is 612. The number of amides is 1. The van der Waals surface area contributed by atoms with Gasteiger partial charge in [-0.05, 0) is 31.5 Å². The zero-order valence-corrected chi connectivity index (χ0v) is 12.9. The summed E-state index contributed by atoms with van der Waals surface area (Å²) in [4.78, 5) is 12.2. The molecule has 1 aromatic heterocycles. The summed E-state index contributed by atoms with van der Waals surface area (Å²) in [7, 11) is 0. The molecular weight excluding hydrogens is 288 g/mol. The third-order valence-electron chi connectivity index (χ3n) is 4.01. The number of nitrogens with zero attached hydrogens (tertiary/aromatic N) is 1. The molecule has 0 spiro atoms. The Labute approximate surface area is 130 Å². The van der Waals surface area contributed by atoms with Crippen LogP contribution in [0.3, 0.4) is 0 Å². The standard InChI is InChI=1S/C15H20N4O.ClH/c1-10-9-16-7-6-12(10)17-15(20)8-14-11-4-2-3-5-13(11)18-19-14;/h2-5,10,12,16H,6-9H2,1H3,(H,17,20)(H,18,19);1H. The van der Waals surface area contributed by atoms with Crippen LogP contribution in [0.25, 0.3) is 10.9 Å². The van der Waals surface area contributed by atoms with E-state index in [0.717, 1.165) is 36.1 Å². The number of para-hydroxylation sites is 1. The lowest BCUT2D eigenvalue weighted by atomic mass is 9.95. The highest BCUT2D eigenvalue weighted by Gasteiger charge is 2.22. The Morgan fingerprint density at radius 3 is 3.05 bits per heavy atom. The number of hydrogen-bond donors (Lipinski definition) is 3. The minimum atomic E-state index is 0. The molecule has 2 heterocycles. The second kappa shape index (κ2) is 6.91. The van der Waals surface area contributed by atoms with Gasteiger partial charge in [-0.2, -0.15) is 5.10 Å². The summed E-state index contributed by atoms with van der Waals surface area (Å²) in [6.07, 6.45) is 1.35. The number of aromatic nitrogens is 2. The van der Waals surface area contributed by atoms with Gasteiger partial charge in [-0.1, -0.05) is 25.1 Å². The summed E-state index contributed by atoms with van der Waals surface area (Å²) < 4.78 is 0. The van der Waals surface area contributed by atoms with Crippen LogP contribution in [0.15, 0.2) is 24.3 Å². The molecule has 5 nitrogen and oxygen atoms in total. The predicted molar refractivity (Wildman–Crippen MR) is 85.6 cm³/mol. The van der Waals surface area contributed by atoms with Crippen LogP contribution >= 0.6 is 12.4 Å². The number of aromatic amines is 1. The van der Waals surface area contributed by atoms with Gasteiger partial charge in [0.05, 0.1) is 17.6 Å². The van der Waals surface area contributed by atoms with Crippen molar-refractivity contribution >= 4 is 29.2 Å². The van der Waals surface area contributed by atoms with E-state index in [-0.39, 0.29) is 24.4 Å². The monoisotopic (exact) mass is 308 g/mol. The van der Waals surface area contributed by atoms with E-state index >= 15 is 0 Å². The Hall–Kier alpha value is -1.59. The van der Waals surface area contributed by atoms with E-state index in [9.17, 15) is 4.79 Å². The molecule has 1 saturated heterocycles. The molecule has 2 atom stereocenters. The number of carbonyl (C=O) groups is 1. The molecule has 21 heavy (non-hydrogen) atoms. The van der Waals surface area contributed by atoms with E-state index in [1.165, 1.54) is 0 Å². The van der Waals surface area contributed by atoms with Gasteiger partial charge >= 0.3 is 0 Å². The maximum Gasteiger partial charge on any atom is 0.226 e. The molecule has 0 bridgehead atoms. The SMILES string of the molecule is CC1CNCCC1NC(=O)Cc1[nH]nc2ccccc12.Cl. The molecule has 3 rings (SSSR count). The molecule has 6 heteroatoms. The van der Waals surface area contributed by atoms with Gasteiger partial charge in [-0.25, -0.2) is 0 Å². The summed E-state index contributed by atoms with van der Waals surface area (Å²) >= 11 is 0. The first-order chi connectivity index (χ1) is 9.74. The van der Waals surface area contributed by atoms with Crippen molar-refractivity contribution < 1.29 is 4.79 Å². The van der Waals surface area contributed by atoms with Gasteiger partial charge in [-0.15, -0.1) is 12.4 Å². The van der Waals surface area contributed by atoms with Crippen molar-refractivity contribution in [2.24, 2.45) is 5.92 Å². The lowest BCUT2D eigenvalue weighted by Crippen LogP contribution is -2.48. The summed E-state index contributed by atoms with van der Waals surface area (Å²) in [6.45, 7) is 4.11. The number of carbonyl (C=O) groups excluding carboxylic acids is 1. The number of piperidine rings is 1. The third kappa shape index (κ3) is 3.54. The fraction of sp³-hybridized carbons (Fsp3) is 0.467. The van der Waals surface area contributed by atoms with Crippen LogP contribution in [0, 0.1) is 5.92 Å². The molecule has 1 aliphatic heterocycles. The lowest BCUT2D eigenvalue weighted by Gasteiger charge is -2.30. The topological polar surface area (TPSA) is 69.8 Å². The van der Waals surface area contributed by atoms with Gasteiger partial charge in [0.1, 0.15) is 0 Å².